The molecule has 0 amide bonds. The normalized spacial score (nSPS) is 10.7. The Morgan fingerprint density at radius 2 is 1.80 bits per heavy atom. The predicted octanol–water partition coefficient (Wildman–Crippen LogP) is 4.36. The number of halogens is 2. The van der Waals surface area contributed by atoms with E-state index in [1.165, 1.54) is 12.1 Å². The van der Waals surface area contributed by atoms with Gasteiger partial charge < -0.3 is 10.1 Å². The summed E-state index contributed by atoms with van der Waals surface area (Å²) in [6.07, 6.45) is 0.0575. The molecule has 4 heteroatoms. The molecule has 0 atom stereocenters. The summed E-state index contributed by atoms with van der Waals surface area (Å²) in [6, 6.07) is 11.6. The monoisotopic (exact) mass is 277 g/mol. The van der Waals surface area contributed by atoms with Crippen LogP contribution in [-0.4, -0.2) is 6.10 Å². The molecule has 0 bridgehead atoms. The van der Waals surface area contributed by atoms with Crippen LogP contribution in [-0.2, 0) is 6.54 Å². The molecule has 0 heterocycles. The molecule has 0 unspecified atom stereocenters. The number of hydrogen-bond donors (Lipinski definition) is 1. The van der Waals surface area contributed by atoms with Gasteiger partial charge in [0.15, 0.2) is 11.6 Å². The van der Waals surface area contributed by atoms with Crippen molar-refractivity contribution in [2.45, 2.75) is 26.5 Å². The number of nitrogens with one attached hydrogen (secondary N) is 1. The van der Waals surface area contributed by atoms with Gasteiger partial charge in [-0.3, -0.25) is 0 Å². The second-order valence-corrected chi connectivity index (χ2v) is 4.73. The van der Waals surface area contributed by atoms with Crippen LogP contribution in [0.2, 0.25) is 0 Å². The zero-order valence-electron chi connectivity index (χ0n) is 11.5. The van der Waals surface area contributed by atoms with Crippen molar-refractivity contribution in [3.8, 4) is 5.75 Å². The van der Waals surface area contributed by atoms with Gasteiger partial charge in [-0.2, -0.15) is 0 Å². The van der Waals surface area contributed by atoms with Gasteiger partial charge >= 0.3 is 0 Å². The number of rotatable bonds is 5. The van der Waals surface area contributed by atoms with Crippen molar-refractivity contribution >= 4 is 5.69 Å². The van der Waals surface area contributed by atoms with Crippen LogP contribution in [0.15, 0.2) is 42.5 Å². The summed E-state index contributed by atoms with van der Waals surface area (Å²) < 4.78 is 32.3. The topological polar surface area (TPSA) is 21.3 Å². The number of para-hydroxylation sites is 1. The quantitative estimate of drug-likeness (QED) is 0.876. The van der Waals surface area contributed by atoms with Crippen LogP contribution in [0.5, 0.6) is 5.75 Å². The molecule has 20 heavy (non-hydrogen) atoms. The summed E-state index contributed by atoms with van der Waals surface area (Å²) in [4.78, 5) is 0. The van der Waals surface area contributed by atoms with Gasteiger partial charge in [0.25, 0.3) is 0 Å². The van der Waals surface area contributed by atoms with Gasteiger partial charge in [-0.05, 0) is 32.0 Å². The van der Waals surface area contributed by atoms with E-state index in [4.69, 9.17) is 4.74 Å². The van der Waals surface area contributed by atoms with Crippen LogP contribution in [0.25, 0.3) is 0 Å². The Hall–Kier alpha value is -2.10. The molecule has 0 saturated heterocycles. The van der Waals surface area contributed by atoms with E-state index in [0.29, 0.717) is 6.54 Å². The van der Waals surface area contributed by atoms with Crippen molar-refractivity contribution in [3.05, 3.63) is 59.7 Å². The zero-order chi connectivity index (χ0) is 14.5. The first kappa shape index (κ1) is 14.3. The van der Waals surface area contributed by atoms with Crippen molar-refractivity contribution in [2.75, 3.05) is 5.32 Å². The molecule has 0 aliphatic carbocycles. The van der Waals surface area contributed by atoms with Crippen molar-refractivity contribution in [1.82, 2.24) is 0 Å². The molecule has 2 rings (SSSR count). The van der Waals surface area contributed by atoms with E-state index >= 15 is 0 Å². The van der Waals surface area contributed by atoms with Gasteiger partial charge in [0.2, 0.25) is 0 Å². The Labute approximate surface area is 117 Å². The largest absolute Gasteiger partial charge is 0.491 e. The van der Waals surface area contributed by atoms with Gasteiger partial charge in [0.05, 0.1) is 11.8 Å². The third kappa shape index (κ3) is 3.47. The maximum Gasteiger partial charge on any atom is 0.181 e. The molecule has 0 spiro atoms. The number of anilines is 1. The second kappa shape index (κ2) is 6.37. The lowest BCUT2D eigenvalue weighted by molar-refractivity contribution is 0.240. The van der Waals surface area contributed by atoms with E-state index in [9.17, 15) is 8.78 Å². The number of ether oxygens (including phenoxy) is 1. The summed E-state index contributed by atoms with van der Waals surface area (Å²) in [5.41, 5.74) is 1.04. The predicted molar refractivity (Wildman–Crippen MR) is 75.9 cm³/mol. The average Bonchev–Trinajstić information content (AvgIpc) is 2.41. The lowest BCUT2D eigenvalue weighted by atomic mass is 10.2. The lowest BCUT2D eigenvalue weighted by Gasteiger charge is -2.15. The van der Waals surface area contributed by atoms with Crippen molar-refractivity contribution < 1.29 is 13.5 Å². The van der Waals surface area contributed by atoms with Crippen LogP contribution >= 0.6 is 0 Å². The van der Waals surface area contributed by atoms with Crippen molar-refractivity contribution in [1.29, 1.82) is 0 Å². The highest BCUT2D eigenvalue weighted by molar-refractivity contribution is 5.46. The van der Waals surface area contributed by atoms with Gasteiger partial charge in [-0.15, -0.1) is 0 Å². The Morgan fingerprint density at radius 3 is 2.55 bits per heavy atom. The Bertz CT molecular complexity index is 584. The molecular weight excluding hydrogens is 260 g/mol. The van der Waals surface area contributed by atoms with Gasteiger partial charge in [0, 0.05) is 12.1 Å². The minimum atomic E-state index is -0.866. The molecule has 0 fully saturated rings. The average molecular weight is 277 g/mol. The number of hydrogen-bond acceptors (Lipinski definition) is 2. The molecule has 0 radical (unpaired) electrons. The van der Waals surface area contributed by atoms with Crippen LogP contribution in [0.1, 0.15) is 19.4 Å². The maximum atomic E-state index is 13.5. The molecule has 0 aliphatic heterocycles. The molecule has 0 aliphatic rings. The summed E-state index contributed by atoms with van der Waals surface area (Å²) in [7, 11) is 0. The zero-order valence-corrected chi connectivity index (χ0v) is 11.5. The molecule has 106 valence electrons. The fourth-order valence-corrected chi connectivity index (χ4v) is 1.85. The smallest absolute Gasteiger partial charge is 0.181 e. The summed E-state index contributed by atoms with van der Waals surface area (Å²) in [5, 5.41) is 2.89. The third-order valence-electron chi connectivity index (χ3n) is 2.76. The highest BCUT2D eigenvalue weighted by Gasteiger charge is 2.09. The van der Waals surface area contributed by atoms with Crippen LogP contribution < -0.4 is 10.1 Å². The SMILES string of the molecule is CC(C)Oc1ccccc1CNc1cccc(F)c1F. The van der Waals surface area contributed by atoms with Crippen molar-refractivity contribution in [2.24, 2.45) is 0 Å². The highest BCUT2D eigenvalue weighted by Crippen LogP contribution is 2.22. The molecular formula is C16H17F2NO. The van der Waals surface area contributed by atoms with E-state index in [1.807, 2.05) is 38.1 Å². The van der Waals surface area contributed by atoms with E-state index < -0.39 is 11.6 Å². The van der Waals surface area contributed by atoms with E-state index in [0.717, 1.165) is 17.4 Å². The summed E-state index contributed by atoms with van der Waals surface area (Å²) in [6.45, 7) is 4.25. The minimum absolute atomic E-state index is 0.0575. The fraction of sp³-hybridized carbons (Fsp3) is 0.250. The molecule has 1 N–H and O–H groups in total. The summed E-state index contributed by atoms with van der Waals surface area (Å²) >= 11 is 0. The van der Waals surface area contributed by atoms with Gasteiger partial charge in [-0.25, -0.2) is 8.78 Å². The van der Waals surface area contributed by atoms with Crippen LogP contribution in [0.3, 0.4) is 0 Å². The Balaban J connectivity index is 2.13. The van der Waals surface area contributed by atoms with Crippen molar-refractivity contribution in [3.63, 3.8) is 0 Å². The lowest BCUT2D eigenvalue weighted by Crippen LogP contribution is -2.09. The number of benzene rings is 2. The standard InChI is InChI=1S/C16H17F2NO/c1-11(2)20-15-9-4-3-6-12(15)10-19-14-8-5-7-13(17)16(14)18/h3-9,11,19H,10H2,1-2H3. The van der Waals surface area contributed by atoms with E-state index in [1.54, 1.807) is 0 Å². The first-order chi connectivity index (χ1) is 9.58. The van der Waals surface area contributed by atoms with Crippen LogP contribution in [0.4, 0.5) is 14.5 Å². The molecule has 0 aromatic heterocycles. The first-order valence-electron chi connectivity index (χ1n) is 6.50. The fourth-order valence-electron chi connectivity index (χ4n) is 1.85. The second-order valence-electron chi connectivity index (χ2n) is 4.73. The van der Waals surface area contributed by atoms with Gasteiger partial charge in [0.1, 0.15) is 5.75 Å². The highest BCUT2D eigenvalue weighted by atomic mass is 19.2. The molecule has 2 aromatic rings. The third-order valence-corrected chi connectivity index (χ3v) is 2.76. The van der Waals surface area contributed by atoms with Gasteiger partial charge in [-0.1, -0.05) is 24.3 Å². The molecule has 2 aromatic carbocycles. The maximum absolute atomic E-state index is 13.5. The Kier molecular flexibility index (Phi) is 4.56. The van der Waals surface area contributed by atoms with E-state index in [-0.39, 0.29) is 11.8 Å². The van der Waals surface area contributed by atoms with E-state index in [2.05, 4.69) is 5.32 Å². The summed E-state index contributed by atoms with van der Waals surface area (Å²) in [5.74, 6) is -0.983. The minimum Gasteiger partial charge on any atom is -0.491 e. The Morgan fingerprint density at radius 1 is 1.05 bits per heavy atom. The van der Waals surface area contributed by atoms with Crippen LogP contribution in [0, 0.1) is 11.6 Å². The first-order valence-corrected chi connectivity index (χ1v) is 6.50. The molecule has 2 nitrogen and oxygen atoms in total. The molecule has 0 saturated carbocycles.